The summed E-state index contributed by atoms with van der Waals surface area (Å²) in [6, 6.07) is 11.3. The molecule has 0 saturated heterocycles. The Bertz CT molecular complexity index is 911. The minimum absolute atomic E-state index is 0.168. The summed E-state index contributed by atoms with van der Waals surface area (Å²) in [5, 5.41) is 0. The van der Waals surface area contributed by atoms with Crippen molar-refractivity contribution < 1.29 is 37.0 Å². The van der Waals surface area contributed by atoms with Crippen molar-refractivity contribution in [2.75, 3.05) is 13.2 Å². The van der Waals surface area contributed by atoms with Gasteiger partial charge in [0.2, 0.25) is 9.84 Å². The van der Waals surface area contributed by atoms with E-state index in [9.17, 15) is 18.0 Å². The molecule has 2 rings (SSSR count). The van der Waals surface area contributed by atoms with E-state index in [4.69, 9.17) is 18.9 Å². The lowest BCUT2D eigenvalue weighted by atomic mass is 10.3. The van der Waals surface area contributed by atoms with Crippen LogP contribution in [0, 0.1) is 0 Å². The van der Waals surface area contributed by atoms with Crippen LogP contribution in [0.3, 0.4) is 0 Å². The number of carbonyl (C=O) groups is 2. The monoisotopic (exact) mass is 450 g/mol. The Balaban J connectivity index is 2.28. The lowest BCUT2D eigenvalue weighted by molar-refractivity contribution is 0.0960. The first-order valence-electron chi connectivity index (χ1n) is 10.0. The van der Waals surface area contributed by atoms with Crippen molar-refractivity contribution in [2.45, 2.75) is 49.3 Å². The van der Waals surface area contributed by atoms with Gasteiger partial charge in [-0.2, -0.15) is 0 Å². The van der Waals surface area contributed by atoms with Crippen molar-refractivity contribution in [3.8, 4) is 11.5 Å². The van der Waals surface area contributed by atoms with Gasteiger partial charge in [0.15, 0.2) is 11.5 Å². The number of benzene rings is 2. The van der Waals surface area contributed by atoms with Crippen molar-refractivity contribution >= 4 is 22.1 Å². The second-order valence-electron chi connectivity index (χ2n) is 6.51. The Hall–Kier alpha value is -3.07. The zero-order valence-corrected chi connectivity index (χ0v) is 18.4. The molecule has 0 N–H and O–H groups in total. The van der Waals surface area contributed by atoms with Gasteiger partial charge in [-0.15, -0.1) is 0 Å². The number of ether oxygens (including phenoxy) is 4. The molecular formula is C22H26O8S. The molecule has 0 fully saturated rings. The van der Waals surface area contributed by atoms with Gasteiger partial charge in [-0.1, -0.05) is 51.0 Å². The van der Waals surface area contributed by atoms with Crippen LogP contribution >= 0.6 is 0 Å². The average Bonchev–Trinajstić information content (AvgIpc) is 2.74. The zero-order chi connectivity index (χ0) is 22.7. The minimum atomic E-state index is -4.21. The molecule has 0 unspecified atom stereocenters. The standard InChI is InChI=1S/C22H26O8S/c1-3-5-15-27-21(23)29-17-11-7-9-13-19(17)31(25,26)20-14-10-8-12-18(20)30-22(24)28-16-6-4-2/h7-14H,3-6,15-16H2,1-2H3. The van der Waals surface area contributed by atoms with Gasteiger partial charge in [0.25, 0.3) is 0 Å². The summed E-state index contributed by atoms with van der Waals surface area (Å²) < 4.78 is 46.7. The molecule has 0 heterocycles. The van der Waals surface area contributed by atoms with E-state index in [1.165, 1.54) is 48.5 Å². The number of hydrogen-bond acceptors (Lipinski definition) is 8. The highest BCUT2D eigenvalue weighted by Gasteiger charge is 2.28. The van der Waals surface area contributed by atoms with Crippen LogP contribution in [0.5, 0.6) is 11.5 Å². The van der Waals surface area contributed by atoms with E-state index in [0.717, 1.165) is 12.8 Å². The lowest BCUT2D eigenvalue weighted by Gasteiger charge is -2.13. The molecule has 0 spiro atoms. The van der Waals surface area contributed by atoms with Crippen LogP contribution in [0.2, 0.25) is 0 Å². The van der Waals surface area contributed by atoms with E-state index in [0.29, 0.717) is 12.8 Å². The third-order valence-corrected chi connectivity index (χ3v) is 5.93. The summed E-state index contributed by atoms with van der Waals surface area (Å²) in [5.74, 6) is -0.381. The Morgan fingerprint density at radius 2 is 1.10 bits per heavy atom. The van der Waals surface area contributed by atoms with E-state index < -0.39 is 22.1 Å². The second kappa shape index (κ2) is 11.9. The Morgan fingerprint density at radius 3 is 1.48 bits per heavy atom. The Morgan fingerprint density at radius 1 is 0.710 bits per heavy atom. The molecule has 31 heavy (non-hydrogen) atoms. The van der Waals surface area contributed by atoms with Crippen molar-refractivity contribution in [2.24, 2.45) is 0 Å². The molecule has 0 aliphatic carbocycles. The number of sulfone groups is 1. The number of unbranched alkanes of at least 4 members (excludes halogenated alkanes) is 2. The van der Waals surface area contributed by atoms with Crippen LogP contribution in [0.4, 0.5) is 9.59 Å². The van der Waals surface area contributed by atoms with Crippen LogP contribution in [0.25, 0.3) is 0 Å². The number of hydrogen-bond donors (Lipinski definition) is 0. The highest BCUT2D eigenvalue weighted by molar-refractivity contribution is 7.91. The molecule has 8 nitrogen and oxygen atoms in total. The zero-order valence-electron chi connectivity index (χ0n) is 17.5. The molecule has 9 heteroatoms. The van der Waals surface area contributed by atoms with E-state index in [1.54, 1.807) is 0 Å². The van der Waals surface area contributed by atoms with Crippen molar-refractivity contribution in [3.05, 3.63) is 48.5 Å². The van der Waals surface area contributed by atoms with E-state index in [-0.39, 0.29) is 34.5 Å². The average molecular weight is 451 g/mol. The third-order valence-electron chi connectivity index (χ3n) is 4.10. The largest absolute Gasteiger partial charge is 0.513 e. The molecule has 0 aliphatic rings. The highest BCUT2D eigenvalue weighted by atomic mass is 32.2. The fourth-order valence-corrected chi connectivity index (χ4v) is 3.97. The predicted molar refractivity (Wildman–Crippen MR) is 112 cm³/mol. The van der Waals surface area contributed by atoms with Gasteiger partial charge in [0.05, 0.1) is 13.2 Å². The fourth-order valence-electron chi connectivity index (χ4n) is 2.47. The van der Waals surface area contributed by atoms with Crippen LogP contribution in [0.1, 0.15) is 39.5 Å². The summed E-state index contributed by atoms with van der Waals surface area (Å²) in [6.45, 7) is 4.22. The molecule has 0 bridgehead atoms. The first-order valence-corrected chi connectivity index (χ1v) is 11.5. The van der Waals surface area contributed by atoms with E-state index in [2.05, 4.69) is 0 Å². The lowest BCUT2D eigenvalue weighted by Crippen LogP contribution is -2.15. The molecule has 0 saturated carbocycles. The second-order valence-corrected chi connectivity index (χ2v) is 8.39. The maximum atomic E-state index is 13.3. The van der Waals surface area contributed by atoms with Gasteiger partial charge in [-0.25, -0.2) is 18.0 Å². The van der Waals surface area contributed by atoms with Gasteiger partial charge in [0, 0.05) is 0 Å². The molecule has 0 aromatic heterocycles. The number of para-hydroxylation sites is 2. The number of rotatable bonds is 10. The third kappa shape index (κ3) is 6.99. The molecule has 0 atom stereocenters. The van der Waals surface area contributed by atoms with Gasteiger partial charge >= 0.3 is 12.3 Å². The van der Waals surface area contributed by atoms with Crippen LogP contribution in [0.15, 0.2) is 58.3 Å². The van der Waals surface area contributed by atoms with Gasteiger partial charge < -0.3 is 18.9 Å². The highest BCUT2D eigenvalue weighted by Crippen LogP contribution is 2.34. The Kier molecular flexibility index (Phi) is 9.33. The van der Waals surface area contributed by atoms with Crippen molar-refractivity contribution in [1.82, 2.24) is 0 Å². The topological polar surface area (TPSA) is 105 Å². The fraction of sp³-hybridized carbons (Fsp3) is 0.364. The van der Waals surface area contributed by atoms with Gasteiger partial charge in [-0.3, -0.25) is 0 Å². The molecule has 168 valence electrons. The predicted octanol–water partition coefficient (Wildman–Crippen LogP) is 5.15. The van der Waals surface area contributed by atoms with E-state index in [1.807, 2.05) is 13.8 Å². The van der Waals surface area contributed by atoms with Gasteiger partial charge in [-0.05, 0) is 37.1 Å². The Labute approximate surface area is 182 Å². The molecule has 2 aromatic carbocycles. The SMILES string of the molecule is CCCCOC(=O)Oc1ccccc1S(=O)(=O)c1ccccc1OC(=O)OCCCC. The minimum Gasteiger partial charge on any atom is -0.434 e. The normalized spacial score (nSPS) is 10.9. The molecule has 0 aliphatic heterocycles. The van der Waals surface area contributed by atoms with Crippen molar-refractivity contribution in [1.29, 1.82) is 0 Å². The summed E-state index contributed by atoms with van der Waals surface area (Å²) in [5.41, 5.74) is 0. The van der Waals surface area contributed by atoms with Crippen LogP contribution < -0.4 is 9.47 Å². The quantitative estimate of drug-likeness (QED) is 0.278. The smallest absolute Gasteiger partial charge is 0.434 e. The summed E-state index contributed by atoms with van der Waals surface area (Å²) in [6.07, 6.45) is 0.980. The van der Waals surface area contributed by atoms with Crippen LogP contribution in [-0.2, 0) is 19.3 Å². The maximum absolute atomic E-state index is 13.3. The maximum Gasteiger partial charge on any atom is 0.513 e. The van der Waals surface area contributed by atoms with Crippen molar-refractivity contribution in [3.63, 3.8) is 0 Å². The first kappa shape index (κ1) is 24.2. The van der Waals surface area contributed by atoms with Crippen LogP contribution in [-0.4, -0.2) is 33.9 Å². The van der Waals surface area contributed by atoms with Gasteiger partial charge in [0.1, 0.15) is 9.79 Å². The van der Waals surface area contributed by atoms with E-state index >= 15 is 0 Å². The number of carbonyl (C=O) groups excluding carboxylic acids is 2. The first-order chi connectivity index (χ1) is 14.9. The summed E-state index contributed by atoms with van der Waals surface area (Å²) in [4.78, 5) is 23.3. The molecular weight excluding hydrogens is 424 g/mol. The summed E-state index contributed by atoms with van der Waals surface area (Å²) >= 11 is 0. The molecule has 2 aromatic rings. The molecule has 0 radical (unpaired) electrons. The molecule has 0 amide bonds. The summed E-state index contributed by atoms with van der Waals surface area (Å²) in [7, 11) is -4.21.